The first kappa shape index (κ1) is 12.6. The van der Waals surface area contributed by atoms with Gasteiger partial charge in [0.1, 0.15) is 5.60 Å². The minimum atomic E-state index is -1.29. The van der Waals surface area contributed by atoms with Gasteiger partial charge < -0.3 is 10.2 Å². The molecule has 0 spiro atoms. The van der Waals surface area contributed by atoms with E-state index in [4.69, 9.17) is 10.2 Å². The molecule has 0 amide bonds. The Balaban J connectivity index is 0.000000249. The number of aliphatic hydroxyl groups is 2. The first-order valence-corrected chi connectivity index (χ1v) is 4.29. The molecule has 0 heterocycles. The summed E-state index contributed by atoms with van der Waals surface area (Å²) in [7, 11) is 0. The van der Waals surface area contributed by atoms with Crippen molar-refractivity contribution in [3.8, 4) is 0 Å². The fourth-order valence-corrected chi connectivity index (χ4v) is 0.597. The zero-order valence-corrected chi connectivity index (χ0v) is 8.13. The molecule has 0 fully saturated rings. The molecule has 76 valence electrons. The average Bonchev–Trinajstić information content (AvgIpc) is 2.31. The lowest BCUT2D eigenvalue weighted by Gasteiger charge is -2.14. The molecule has 0 radical (unpaired) electrons. The predicted octanol–water partition coefficient (Wildman–Crippen LogP) is 1.77. The fourth-order valence-electron chi connectivity index (χ4n) is 0.597. The molecular weight excluding hydrogens is 176 g/mol. The first-order valence-electron chi connectivity index (χ1n) is 4.29. The first-order chi connectivity index (χ1) is 6.68. The van der Waals surface area contributed by atoms with Gasteiger partial charge in [0.15, 0.2) is 0 Å². The highest BCUT2D eigenvalue weighted by Gasteiger charge is 2.14. The quantitative estimate of drug-likeness (QED) is 0.716. The van der Waals surface area contributed by atoms with E-state index in [2.05, 4.69) is 13.2 Å². The molecule has 2 heteroatoms. The summed E-state index contributed by atoms with van der Waals surface area (Å²) in [5.41, 5.74) is -1.29. The van der Waals surface area contributed by atoms with E-state index in [1.807, 2.05) is 36.4 Å². The van der Waals surface area contributed by atoms with Crippen molar-refractivity contribution >= 4 is 0 Å². The van der Waals surface area contributed by atoms with E-state index in [0.717, 1.165) is 0 Å². The maximum atomic E-state index is 8.95. The summed E-state index contributed by atoms with van der Waals surface area (Å²) >= 11 is 0. The predicted molar refractivity (Wildman–Crippen MR) is 58.9 cm³/mol. The van der Waals surface area contributed by atoms with E-state index in [1.165, 1.54) is 12.2 Å². The van der Waals surface area contributed by atoms with E-state index in [1.54, 1.807) is 0 Å². The smallest absolute Gasteiger partial charge is 0.123 e. The third-order valence-corrected chi connectivity index (χ3v) is 1.63. The topological polar surface area (TPSA) is 40.5 Å². The van der Waals surface area contributed by atoms with Crippen LogP contribution in [0.1, 0.15) is 0 Å². The van der Waals surface area contributed by atoms with Crippen LogP contribution >= 0.6 is 0 Å². The molecule has 0 atom stereocenters. The number of rotatable bonds is 3. The van der Waals surface area contributed by atoms with Gasteiger partial charge in [-0.05, 0) is 0 Å². The van der Waals surface area contributed by atoms with E-state index in [0.29, 0.717) is 0 Å². The lowest BCUT2D eigenvalue weighted by molar-refractivity contribution is 0.0685. The summed E-state index contributed by atoms with van der Waals surface area (Å²) in [4.78, 5) is 0. The monoisotopic (exact) mass is 192 g/mol. The van der Waals surface area contributed by atoms with Crippen LogP contribution in [0.15, 0.2) is 61.7 Å². The SMILES string of the molecule is C=CC(O)(C=C)CO.c1ccccc1. The average molecular weight is 192 g/mol. The third kappa shape index (κ3) is 5.30. The third-order valence-electron chi connectivity index (χ3n) is 1.63. The second-order valence-electron chi connectivity index (χ2n) is 2.71. The van der Waals surface area contributed by atoms with Gasteiger partial charge in [-0.2, -0.15) is 0 Å². The Kier molecular flexibility index (Phi) is 6.37. The Morgan fingerprint density at radius 3 is 1.29 bits per heavy atom. The molecule has 0 aliphatic heterocycles. The van der Waals surface area contributed by atoms with Crippen molar-refractivity contribution in [2.45, 2.75) is 5.60 Å². The molecule has 1 rings (SSSR count). The van der Waals surface area contributed by atoms with Crippen molar-refractivity contribution in [1.82, 2.24) is 0 Å². The van der Waals surface area contributed by atoms with Gasteiger partial charge in [-0.1, -0.05) is 61.7 Å². The summed E-state index contributed by atoms with van der Waals surface area (Å²) in [5.74, 6) is 0. The number of aliphatic hydroxyl groups excluding tert-OH is 1. The van der Waals surface area contributed by atoms with Crippen LogP contribution in [0.4, 0.5) is 0 Å². The maximum absolute atomic E-state index is 8.95. The van der Waals surface area contributed by atoms with E-state index >= 15 is 0 Å². The van der Waals surface area contributed by atoms with Crippen molar-refractivity contribution in [2.75, 3.05) is 6.61 Å². The van der Waals surface area contributed by atoms with Crippen molar-refractivity contribution in [3.63, 3.8) is 0 Å². The highest BCUT2D eigenvalue weighted by molar-refractivity contribution is 5.07. The molecule has 0 saturated carbocycles. The van der Waals surface area contributed by atoms with Crippen LogP contribution < -0.4 is 0 Å². The van der Waals surface area contributed by atoms with Gasteiger partial charge in [-0.15, -0.1) is 0 Å². The highest BCUT2D eigenvalue weighted by atomic mass is 16.3. The van der Waals surface area contributed by atoms with Crippen molar-refractivity contribution < 1.29 is 10.2 Å². The summed E-state index contributed by atoms with van der Waals surface area (Å²) < 4.78 is 0. The molecule has 0 saturated heterocycles. The molecule has 14 heavy (non-hydrogen) atoms. The maximum Gasteiger partial charge on any atom is 0.123 e. The van der Waals surface area contributed by atoms with Crippen LogP contribution in [0.5, 0.6) is 0 Å². The Hall–Kier alpha value is -1.38. The molecule has 0 bridgehead atoms. The molecule has 0 unspecified atom stereocenters. The normalized spacial score (nSPS) is 9.57. The van der Waals surface area contributed by atoms with Crippen LogP contribution in [0.3, 0.4) is 0 Å². The zero-order chi connectivity index (χ0) is 10.9. The summed E-state index contributed by atoms with van der Waals surface area (Å²) in [6.45, 7) is 6.23. The molecule has 2 N–H and O–H groups in total. The largest absolute Gasteiger partial charge is 0.393 e. The second kappa shape index (κ2) is 7.06. The van der Waals surface area contributed by atoms with Crippen molar-refractivity contribution in [1.29, 1.82) is 0 Å². The van der Waals surface area contributed by atoms with Crippen molar-refractivity contribution in [3.05, 3.63) is 61.7 Å². The van der Waals surface area contributed by atoms with Crippen LogP contribution in [0, 0.1) is 0 Å². The lowest BCUT2D eigenvalue weighted by atomic mass is 10.1. The van der Waals surface area contributed by atoms with Gasteiger partial charge in [0.05, 0.1) is 6.61 Å². The highest BCUT2D eigenvalue weighted by Crippen LogP contribution is 2.03. The minimum absolute atomic E-state index is 0.361. The summed E-state index contributed by atoms with van der Waals surface area (Å²) in [5, 5.41) is 17.3. The Labute approximate surface area is 84.8 Å². The summed E-state index contributed by atoms with van der Waals surface area (Å²) in [6, 6.07) is 12.0. The Morgan fingerprint density at radius 1 is 0.929 bits per heavy atom. The Morgan fingerprint density at radius 2 is 1.21 bits per heavy atom. The number of hydrogen-bond acceptors (Lipinski definition) is 2. The Bertz CT molecular complexity index is 220. The van der Waals surface area contributed by atoms with Gasteiger partial charge in [0, 0.05) is 0 Å². The molecule has 0 aliphatic carbocycles. The van der Waals surface area contributed by atoms with Gasteiger partial charge in [-0.3, -0.25) is 0 Å². The van der Waals surface area contributed by atoms with Crippen LogP contribution in [0.2, 0.25) is 0 Å². The molecule has 2 nitrogen and oxygen atoms in total. The van der Waals surface area contributed by atoms with Gasteiger partial charge in [0.25, 0.3) is 0 Å². The number of benzene rings is 1. The van der Waals surface area contributed by atoms with Gasteiger partial charge >= 0.3 is 0 Å². The standard InChI is InChI=1S/C6H10O2.C6H6/c1-3-6(8,4-2)5-7;1-2-4-6-5-3-1/h3-4,7-8H,1-2,5H2;1-6H. The van der Waals surface area contributed by atoms with Crippen LogP contribution in [0.25, 0.3) is 0 Å². The molecule has 0 aromatic heterocycles. The second-order valence-corrected chi connectivity index (χ2v) is 2.71. The van der Waals surface area contributed by atoms with Gasteiger partial charge in [0.2, 0.25) is 0 Å². The van der Waals surface area contributed by atoms with Crippen LogP contribution in [-0.2, 0) is 0 Å². The summed E-state index contributed by atoms with van der Waals surface area (Å²) in [6.07, 6.45) is 2.47. The molecular formula is C12H16O2. The van der Waals surface area contributed by atoms with E-state index in [9.17, 15) is 0 Å². The molecule has 1 aromatic rings. The van der Waals surface area contributed by atoms with Crippen LogP contribution in [-0.4, -0.2) is 22.4 Å². The fraction of sp³-hybridized carbons (Fsp3) is 0.167. The molecule has 1 aromatic carbocycles. The molecule has 0 aliphatic rings. The lowest BCUT2D eigenvalue weighted by Crippen LogP contribution is -2.26. The number of hydrogen-bond donors (Lipinski definition) is 2. The minimum Gasteiger partial charge on any atom is -0.393 e. The zero-order valence-electron chi connectivity index (χ0n) is 8.13. The van der Waals surface area contributed by atoms with Crippen molar-refractivity contribution in [2.24, 2.45) is 0 Å². The van der Waals surface area contributed by atoms with Gasteiger partial charge in [-0.25, -0.2) is 0 Å². The van der Waals surface area contributed by atoms with E-state index in [-0.39, 0.29) is 6.61 Å². The van der Waals surface area contributed by atoms with E-state index < -0.39 is 5.60 Å².